The second-order valence-electron chi connectivity index (χ2n) is 3.20. The van der Waals surface area contributed by atoms with Crippen LogP contribution in [0.3, 0.4) is 0 Å². The van der Waals surface area contributed by atoms with Gasteiger partial charge in [-0.2, -0.15) is 11.8 Å². The molecule has 14 heavy (non-hydrogen) atoms. The molecule has 6 heteroatoms. The number of fused-ring (bicyclic) bond motifs is 1. The van der Waals surface area contributed by atoms with Crippen LogP contribution in [0.2, 0.25) is 0 Å². The maximum absolute atomic E-state index is 11.2. The molecule has 0 unspecified atom stereocenters. The van der Waals surface area contributed by atoms with E-state index >= 15 is 0 Å². The summed E-state index contributed by atoms with van der Waals surface area (Å²) in [5, 5.41) is -0.0526. The van der Waals surface area contributed by atoms with Crippen molar-refractivity contribution in [3.05, 3.63) is 17.5 Å². The van der Waals surface area contributed by atoms with Gasteiger partial charge in [-0.15, -0.1) is 0 Å². The fraction of sp³-hybridized carbons (Fsp3) is 0.500. The zero-order valence-electron chi connectivity index (χ0n) is 7.73. The fourth-order valence-corrected chi connectivity index (χ4v) is 2.75. The highest BCUT2D eigenvalue weighted by Crippen LogP contribution is 2.22. The highest BCUT2D eigenvalue weighted by Gasteiger charge is 2.16. The first-order valence-corrected chi connectivity index (χ1v) is 7.24. The van der Waals surface area contributed by atoms with Gasteiger partial charge in [-0.3, -0.25) is 0 Å². The summed E-state index contributed by atoms with van der Waals surface area (Å²) in [5.74, 6) is 1.90. The van der Waals surface area contributed by atoms with Crippen LogP contribution in [-0.2, 0) is 22.0 Å². The van der Waals surface area contributed by atoms with Crippen LogP contribution in [0.15, 0.2) is 11.4 Å². The van der Waals surface area contributed by atoms with E-state index in [9.17, 15) is 8.42 Å². The van der Waals surface area contributed by atoms with Crippen molar-refractivity contribution in [3.63, 3.8) is 0 Å². The van der Waals surface area contributed by atoms with Gasteiger partial charge < -0.3 is 0 Å². The maximum atomic E-state index is 11.2. The third-order valence-electron chi connectivity index (χ3n) is 2.00. The number of sulfone groups is 1. The largest absolute Gasteiger partial charge is 0.246 e. The monoisotopic (exact) mass is 230 g/mol. The fourth-order valence-electron chi connectivity index (χ4n) is 1.29. The van der Waals surface area contributed by atoms with Crippen LogP contribution in [0.5, 0.6) is 0 Å². The quantitative estimate of drug-likeness (QED) is 0.664. The lowest BCUT2D eigenvalue weighted by Gasteiger charge is -2.13. The molecule has 1 aliphatic rings. The van der Waals surface area contributed by atoms with E-state index in [2.05, 4.69) is 9.97 Å². The molecular formula is C8H10N2O2S2. The molecule has 0 bridgehead atoms. The molecule has 4 nitrogen and oxygen atoms in total. The third kappa shape index (κ3) is 1.90. The summed E-state index contributed by atoms with van der Waals surface area (Å²) < 4.78 is 22.4. The van der Waals surface area contributed by atoms with Gasteiger partial charge in [0.15, 0.2) is 0 Å². The van der Waals surface area contributed by atoms with Crippen LogP contribution >= 0.6 is 11.8 Å². The average molecular weight is 230 g/mol. The molecule has 76 valence electrons. The van der Waals surface area contributed by atoms with Gasteiger partial charge in [-0.25, -0.2) is 18.4 Å². The summed E-state index contributed by atoms with van der Waals surface area (Å²) in [6.45, 7) is 0. The van der Waals surface area contributed by atoms with Crippen LogP contribution in [0.1, 0.15) is 11.3 Å². The molecule has 0 radical (unpaired) electrons. The average Bonchev–Trinajstić information content (AvgIpc) is 2.16. The van der Waals surface area contributed by atoms with Crippen molar-refractivity contribution in [1.29, 1.82) is 0 Å². The molecule has 0 amide bonds. The van der Waals surface area contributed by atoms with Crippen molar-refractivity contribution in [3.8, 4) is 0 Å². The molecule has 0 fully saturated rings. The van der Waals surface area contributed by atoms with Crippen LogP contribution in [-0.4, -0.2) is 30.4 Å². The van der Waals surface area contributed by atoms with Gasteiger partial charge in [-0.1, -0.05) is 0 Å². The minimum absolute atomic E-state index is 0.0526. The molecule has 0 N–H and O–H groups in total. The Morgan fingerprint density at radius 2 is 2.29 bits per heavy atom. The van der Waals surface area contributed by atoms with E-state index in [1.807, 2.05) is 11.8 Å². The van der Waals surface area contributed by atoms with Crippen molar-refractivity contribution >= 4 is 21.6 Å². The molecule has 0 saturated carbocycles. The zero-order valence-corrected chi connectivity index (χ0v) is 9.36. The van der Waals surface area contributed by atoms with E-state index < -0.39 is 9.84 Å². The Morgan fingerprint density at radius 1 is 1.50 bits per heavy atom. The van der Waals surface area contributed by atoms with E-state index in [-0.39, 0.29) is 5.16 Å². The highest BCUT2D eigenvalue weighted by molar-refractivity contribution is 7.98. The minimum atomic E-state index is -3.27. The molecule has 0 aromatic carbocycles. The van der Waals surface area contributed by atoms with Gasteiger partial charge in [0.2, 0.25) is 15.0 Å². The van der Waals surface area contributed by atoms with Crippen molar-refractivity contribution in [2.24, 2.45) is 0 Å². The SMILES string of the molecule is CS(=O)(=O)c1ncc2c(n1)CCSC2. The lowest BCUT2D eigenvalue weighted by molar-refractivity contribution is 0.591. The molecule has 0 spiro atoms. The topological polar surface area (TPSA) is 59.9 Å². The summed E-state index contributed by atoms with van der Waals surface area (Å²) in [5.41, 5.74) is 1.95. The summed E-state index contributed by atoms with van der Waals surface area (Å²) >= 11 is 1.82. The van der Waals surface area contributed by atoms with Crippen LogP contribution in [0, 0.1) is 0 Å². The molecule has 2 heterocycles. The second-order valence-corrected chi connectivity index (χ2v) is 6.21. The van der Waals surface area contributed by atoms with Gasteiger partial charge in [0, 0.05) is 29.5 Å². The van der Waals surface area contributed by atoms with E-state index in [1.165, 1.54) is 0 Å². The Kier molecular flexibility index (Phi) is 2.48. The van der Waals surface area contributed by atoms with Crippen LogP contribution in [0.25, 0.3) is 0 Å². The first kappa shape index (κ1) is 9.92. The molecule has 1 aromatic heterocycles. The van der Waals surface area contributed by atoms with E-state index in [1.54, 1.807) is 6.20 Å². The Bertz CT molecular complexity index is 456. The summed E-state index contributed by atoms with van der Waals surface area (Å²) in [6.07, 6.45) is 3.60. The van der Waals surface area contributed by atoms with Gasteiger partial charge in [0.1, 0.15) is 0 Å². The molecule has 2 rings (SSSR count). The number of aryl methyl sites for hydroxylation is 1. The van der Waals surface area contributed by atoms with Crippen molar-refractivity contribution in [2.45, 2.75) is 17.3 Å². The summed E-state index contributed by atoms with van der Waals surface area (Å²) in [7, 11) is -3.27. The first-order chi connectivity index (χ1) is 6.57. The summed E-state index contributed by atoms with van der Waals surface area (Å²) in [4.78, 5) is 7.92. The lowest BCUT2D eigenvalue weighted by atomic mass is 10.2. The molecule has 1 aromatic rings. The number of thioether (sulfide) groups is 1. The van der Waals surface area contributed by atoms with Gasteiger partial charge in [0.25, 0.3) is 0 Å². The van der Waals surface area contributed by atoms with Crippen molar-refractivity contribution in [2.75, 3.05) is 12.0 Å². The Labute approximate surface area is 87.1 Å². The van der Waals surface area contributed by atoms with Crippen molar-refractivity contribution < 1.29 is 8.42 Å². The van der Waals surface area contributed by atoms with Gasteiger partial charge >= 0.3 is 0 Å². The number of hydrogen-bond donors (Lipinski definition) is 0. The highest BCUT2D eigenvalue weighted by atomic mass is 32.2. The molecular weight excluding hydrogens is 220 g/mol. The Balaban J connectivity index is 2.49. The number of hydrogen-bond acceptors (Lipinski definition) is 5. The third-order valence-corrected chi connectivity index (χ3v) is 3.87. The lowest BCUT2D eigenvalue weighted by Crippen LogP contribution is -2.11. The molecule has 1 aliphatic heterocycles. The standard InChI is InChI=1S/C8H10N2O2S2/c1-14(11,12)8-9-4-6-5-13-3-2-7(6)10-8/h4H,2-3,5H2,1H3. The summed E-state index contributed by atoms with van der Waals surface area (Å²) in [6, 6.07) is 0. The van der Waals surface area contributed by atoms with Crippen LogP contribution in [0.4, 0.5) is 0 Å². The molecule has 0 saturated heterocycles. The van der Waals surface area contributed by atoms with Gasteiger partial charge in [0.05, 0.1) is 0 Å². The van der Waals surface area contributed by atoms with Crippen LogP contribution < -0.4 is 0 Å². The number of aromatic nitrogens is 2. The predicted octanol–water partition coefficient (Wildman–Crippen LogP) is 0.669. The normalized spacial score (nSPS) is 16.4. The molecule has 0 aliphatic carbocycles. The Morgan fingerprint density at radius 3 is 3.00 bits per heavy atom. The Hall–Kier alpha value is -0.620. The number of nitrogens with zero attached hydrogens (tertiary/aromatic N) is 2. The maximum Gasteiger partial charge on any atom is 0.246 e. The predicted molar refractivity (Wildman–Crippen MR) is 55.0 cm³/mol. The molecule has 0 atom stereocenters. The second kappa shape index (κ2) is 3.51. The number of rotatable bonds is 1. The van der Waals surface area contributed by atoms with E-state index in [0.717, 1.165) is 35.4 Å². The first-order valence-electron chi connectivity index (χ1n) is 4.20. The van der Waals surface area contributed by atoms with E-state index in [0.29, 0.717) is 0 Å². The van der Waals surface area contributed by atoms with E-state index in [4.69, 9.17) is 0 Å². The van der Waals surface area contributed by atoms with Crippen molar-refractivity contribution in [1.82, 2.24) is 9.97 Å². The zero-order chi connectivity index (χ0) is 10.2. The smallest absolute Gasteiger partial charge is 0.227 e. The van der Waals surface area contributed by atoms with Gasteiger partial charge in [-0.05, 0) is 12.2 Å². The minimum Gasteiger partial charge on any atom is -0.227 e.